The maximum Gasteiger partial charge on any atom is 0.303 e. The van der Waals surface area contributed by atoms with Crippen molar-refractivity contribution in [1.82, 2.24) is 0 Å². The fourth-order valence-corrected chi connectivity index (χ4v) is 2.80. The summed E-state index contributed by atoms with van der Waals surface area (Å²) in [7, 11) is 0. The van der Waals surface area contributed by atoms with Crippen molar-refractivity contribution in [3.8, 4) is 5.75 Å². The zero-order valence-electron chi connectivity index (χ0n) is 15.7. The normalized spacial score (nSPS) is 13.2. The van der Waals surface area contributed by atoms with Crippen molar-refractivity contribution in [3.05, 3.63) is 54.1 Å². The maximum absolute atomic E-state index is 12.4. The molecule has 3 rings (SSSR count). The zero-order valence-corrected chi connectivity index (χ0v) is 15.7. The van der Waals surface area contributed by atoms with Crippen LogP contribution in [0.1, 0.15) is 36.5 Å². The molecule has 7 nitrogen and oxygen atoms in total. The first-order chi connectivity index (χ1) is 13.5. The van der Waals surface area contributed by atoms with Crippen LogP contribution in [0.2, 0.25) is 0 Å². The van der Waals surface area contributed by atoms with E-state index in [1.54, 1.807) is 36.4 Å². The lowest BCUT2D eigenvalue weighted by molar-refractivity contribution is -0.137. The fourth-order valence-electron chi connectivity index (χ4n) is 2.80. The van der Waals surface area contributed by atoms with Gasteiger partial charge in [0.1, 0.15) is 5.75 Å². The van der Waals surface area contributed by atoms with Gasteiger partial charge in [-0.15, -0.1) is 0 Å². The molecule has 7 heteroatoms. The van der Waals surface area contributed by atoms with E-state index in [1.807, 2.05) is 24.1 Å². The number of hydrogen-bond donors (Lipinski definition) is 2. The minimum Gasteiger partial charge on any atom is -0.494 e. The molecule has 1 amide bonds. The predicted octanol–water partition coefficient (Wildman–Crippen LogP) is 3.77. The third-order valence-corrected chi connectivity index (χ3v) is 4.32. The molecule has 0 atom stereocenters. The summed E-state index contributed by atoms with van der Waals surface area (Å²) < 4.78 is 5.48. The Morgan fingerprint density at radius 3 is 2.46 bits per heavy atom. The van der Waals surface area contributed by atoms with E-state index in [9.17, 15) is 9.59 Å². The summed E-state index contributed by atoms with van der Waals surface area (Å²) in [4.78, 5) is 22.9. The van der Waals surface area contributed by atoms with Crippen LogP contribution in [0.25, 0.3) is 0 Å². The maximum atomic E-state index is 12.4. The van der Waals surface area contributed by atoms with Crippen LogP contribution in [-0.4, -0.2) is 35.8 Å². The molecule has 1 aliphatic rings. The Labute approximate surface area is 163 Å². The third-order valence-electron chi connectivity index (χ3n) is 4.32. The molecule has 0 saturated heterocycles. The Kier molecular flexibility index (Phi) is 6.26. The molecule has 1 aliphatic heterocycles. The van der Waals surface area contributed by atoms with Gasteiger partial charge in [-0.25, -0.2) is 0 Å². The number of nitrogens with zero attached hydrogens (tertiary/aromatic N) is 2. The second-order valence-corrected chi connectivity index (χ2v) is 6.58. The number of carboxylic acid groups (broad SMARTS) is 1. The van der Waals surface area contributed by atoms with Crippen molar-refractivity contribution in [2.75, 3.05) is 23.5 Å². The zero-order chi connectivity index (χ0) is 19.9. The predicted molar refractivity (Wildman–Crippen MR) is 108 cm³/mol. The van der Waals surface area contributed by atoms with Gasteiger partial charge in [-0.1, -0.05) is 0 Å². The molecule has 0 unspecified atom stereocenters. The van der Waals surface area contributed by atoms with Gasteiger partial charge in [-0.2, -0.15) is 5.10 Å². The summed E-state index contributed by atoms with van der Waals surface area (Å²) in [5, 5.41) is 17.8. The molecular formula is C21H23N3O4. The minimum atomic E-state index is -0.835. The number of hydrazone groups is 1. The number of carbonyl (C=O) groups is 2. The molecule has 2 N–H and O–H groups in total. The number of carbonyl (C=O) groups excluding carboxylic acids is 1. The van der Waals surface area contributed by atoms with Crippen LogP contribution < -0.4 is 15.1 Å². The van der Waals surface area contributed by atoms with E-state index < -0.39 is 5.97 Å². The largest absolute Gasteiger partial charge is 0.494 e. The first kappa shape index (κ1) is 19.4. The van der Waals surface area contributed by atoms with Gasteiger partial charge in [0.15, 0.2) is 0 Å². The summed E-state index contributed by atoms with van der Waals surface area (Å²) in [6.07, 6.45) is 1.49. The first-order valence-electron chi connectivity index (χ1n) is 9.19. The number of nitrogens with one attached hydrogen (secondary N) is 1. The Hall–Kier alpha value is -3.35. The molecule has 2 aromatic rings. The van der Waals surface area contributed by atoms with Crippen LogP contribution in [0.4, 0.5) is 11.4 Å². The van der Waals surface area contributed by atoms with Crippen LogP contribution in [0.5, 0.6) is 5.75 Å². The molecule has 28 heavy (non-hydrogen) atoms. The molecule has 0 saturated carbocycles. The molecule has 1 heterocycles. The molecular weight excluding hydrogens is 358 g/mol. The second kappa shape index (κ2) is 9.03. The van der Waals surface area contributed by atoms with Crippen LogP contribution in [0.15, 0.2) is 53.6 Å². The highest BCUT2D eigenvalue weighted by atomic mass is 16.5. The van der Waals surface area contributed by atoms with Crippen LogP contribution in [-0.2, 0) is 4.79 Å². The lowest BCUT2D eigenvalue weighted by Crippen LogP contribution is -2.14. The summed E-state index contributed by atoms with van der Waals surface area (Å²) in [5.74, 6) is -0.394. The van der Waals surface area contributed by atoms with Crippen molar-refractivity contribution in [2.45, 2.75) is 26.2 Å². The lowest BCUT2D eigenvalue weighted by Gasteiger charge is -2.14. The SMILES string of the molecule is CC1=NN(c2ccc(C(=O)Nc3ccc(OCCCC(=O)O)cc3)cc2)CC1. The number of rotatable bonds is 8. The fraction of sp³-hybridized carbons (Fsp3) is 0.286. The van der Waals surface area contributed by atoms with Gasteiger partial charge < -0.3 is 15.2 Å². The lowest BCUT2D eigenvalue weighted by atomic mass is 10.2. The average Bonchev–Trinajstić information content (AvgIpc) is 3.13. The molecule has 0 bridgehead atoms. The number of aliphatic carboxylic acids is 1. The van der Waals surface area contributed by atoms with E-state index >= 15 is 0 Å². The van der Waals surface area contributed by atoms with E-state index in [1.165, 1.54) is 0 Å². The summed E-state index contributed by atoms with van der Waals surface area (Å²) in [6.45, 7) is 3.21. The number of benzene rings is 2. The Morgan fingerprint density at radius 1 is 1.14 bits per heavy atom. The van der Waals surface area contributed by atoms with Gasteiger partial charge in [0.2, 0.25) is 0 Å². The average molecular weight is 381 g/mol. The summed E-state index contributed by atoms with van der Waals surface area (Å²) in [5.41, 5.74) is 3.30. The van der Waals surface area contributed by atoms with Crippen LogP contribution >= 0.6 is 0 Å². The van der Waals surface area contributed by atoms with E-state index in [0.717, 1.165) is 24.4 Å². The van der Waals surface area contributed by atoms with Crippen molar-refractivity contribution < 1.29 is 19.4 Å². The molecule has 0 fully saturated rings. The van der Waals surface area contributed by atoms with Gasteiger partial charge in [0, 0.05) is 36.3 Å². The quantitative estimate of drug-likeness (QED) is 0.679. The molecule has 0 radical (unpaired) electrons. The second-order valence-electron chi connectivity index (χ2n) is 6.58. The number of ether oxygens (including phenoxy) is 1. The van der Waals surface area contributed by atoms with Gasteiger partial charge in [-0.05, 0) is 61.9 Å². The molecule has 2 aromatic carbocycles. The highest BCUT2D eigenvalue weighted by Crippen LogP contribution is 2.21. The molecule has 146 valence electrons. The Bertz CT molecular complexity index is 860. The highest BCUT2D eigenvalue weighted by molar-refractivity contribution is 6.04. The van der Waals surface area contributed by atoms with E-state index in [-0.39, 0.29) is 12.3 Å². The Morgan fingerprint density at radius 2 is 1.86 bits per heavy atom. The van der Waals surface area contributed by atoms with Crippen LogP contribution in [0.3, 0.4) is 0 Å². The highest BCUT2D eigenvalue weighted by Gasteiger charge is 2.13. The van der Waals surface area contributed by atoms with E-state index in [2.05, 4.69) is 10.4 Å². The van der Waals surface area contributed by atoms with Gasteiger partial charge >= 0.3 is 5.97 Å². The first-order valence-corrected chi connectivity index (χ1v) is 9.19. The van der Waals surface area contributed by atoms with Gasteiger partial charge in [0.05, 0.1) is 12.3 Å². The number of anilines is 2. The molecule has 0 aromatic heterocycles. The number of amides is 1. The van der Waals surface area contributed by atoms with E-state index in [4.69, 9.17) is 9.84 Å². The smallest absolute Gasteiger partial charge is 0.303 e. The third kappa shape index (κ3) is 5.33. The minimum absolute atomic E-state index is 0.0800. The number of carboxylic acids is 1. The molecule has 0 aliphatic carbocycles. The van der Waals surface area contributed by atoms with Crippen LogP contribution in [0, 0.1) is 0 Å². The van der Waals surface area contributed by atoms with Gasteiger partial charge in [-0.3, -0.25) is 14.6 Å². The van der Waals surface area contributed by atoms with Crippen molar-refractivity contribution >= 4 is 29.0 Å². The monoisotopic (exact) mass is 381 g/mol. The van der Waals surface area contributed by atoms with Crippen molar-refractivity contribution in [1.29, 1.82) is 0 Å². The van der Waals surface area contributed by atoms with Crippen molar-refractivity contribution in [3.63, 3.8) is 0 Å². The number of hydrogen-bond acceptors (Lipinski definition) is 5. The Balaban J connectivity index is 1.52. The summed E-state index contributed by atoms with van der Waals surface area (Å²) >= 11 is 0. The van der Waals surface area contributed by atoms with E-state index in [0.29, 0.717) is 30.0 Å². The standard InChI is InChI=1S/C21H23N3O4/c1-15-12-13-24(23-15)18-8-4-16(5-9-18)21(27)22-17-6-10-19(11-7-17)28-14-2-3-20(25)26/h4-11H,2-3,12-14H2,1H3,(H,22,27)(H,25,26). The molecule has 0 spiro atoms. The van der Waals surface area contributed by atoms with Gasteiger partial charge in [0.25, 0.3) is 5.91 Å². The summed E-state index contributed by atoms with van der Waals surface area (Å²) in [6, 6.07) is 14.3. The topological polar surface area (TPSA) is 91.2 Å². The van der Waals surface area contributed by atoms with Crippen molar-refractivity contribution in [2.24, 2.45) is 5.10 Å².